The largest absolute Gasteiger partial charge is 0.393 e. The van der Waals surface area contributed by atoms with E-state index in [1.165, 1.54) is 0 Å². The molecule has 1 aliphatic heterocycles. The highest BCUT2D eigenvalue weighted by Crippen LogP contribution is 2.30. The predicted molar refractivity (Wildman–Crippen MR) is 152 cm³/mol. The van der Waals surface area contributed by atoms with Crippen molar-refractivity contribution in [2.24, 2.45) is 15.1 Å². The first-order chi connectivity index (χ1) is 18.3. The quantitative estimate of drug-likeness (QED) is 0.210. The number of aliphatic hydroxyl groups is 1. The zero-order valence-electron chi connectivity index (χ0n) is 22.8. The third-order valence-corrected chi connectivity index (χ3v) is 8.03. The second-order valence-electron chi connectivity index (χ2n) is 9.53. The first kappa shape index (κ1) is 29.9. The Bertz CT molecular complexity index is 1120. The predicted octanol–water partition coefficient (Wildman–Crippen LogP) is 3.04. The van der Waals surface area contributed by atoms with Crippen LogP contribution in [0.4, 0.5) is 0 Å². The number of rotatable bonds is 12. The van der Waals surface area contributed by atoms with E-state index in [1.54, 1.807) is 31.3 Å². The van der Waals surface area contributed by atoms with Crippen molar-refractivity contribution in [1.29, 1.82) is 0 Å². The van der Waals surface area contributed by atoms with E-state index in [-0.39, 0.29) is 23.6 Å². The number of nitrogens with one attached hydrogen (secondary N) is 2. The molecular weight excluding hydrogens is 504 g/mol. The fourth-order valence-corrected chi connectivity index (χ4v) is 5.40. The number of hydrogen-bond donors (Lipinski definition) is 3. The lowest BCUT2D eigenvalue weighted by atomic mass is 9.92. The zero-order chi connectivity index (χ0) is 27.5. The Hall–Kier alpha value is -2.60. The van der Waals surface area contributed by atoms with Crippen LogP contribution in [-0.2, 0) is 14.8 Å². The molecule has 1 heterocycles. The van der Waals surface area contributed by atoms with Gasteiger partial charge in [-0.15, -0.1) is 0 Å². The Balaban J connectivity index is 1.82. The summed E-state index contributed by atoms with van der Waals surface area (Å²) in [6, 6.07) is 6.71. The van der Waals surface area contributed by atoms with Gasteiger partial charge in [-0.3, -0.25) is 4.99 Å². The summed E-state index contributed by atoms with van der Waals surface area (Å²) in [5.74, 6) is 1.14. The summed E-state index contributed by atoms with van der Waals surface area (Å²) in [6.45, 7) is 10.3. The molecule has 0 unspecified atom stereocenters. The molecule has 0 saturated heterocycles. The van der Waals surface area contributed by atoms with Crippen molar-refractivity contribution < 1.29 is 18.3 Å². The maximum atomic E-state index is 12.7. The van der Waals surface area contributed by atoms with E-state index in [0.29, 0.717) is 49.1 Å². The molecule has 0 radical (unpaired) electrons. The Morgan fingerprint density at radius 2 is 1.84 bits per heavy atom. The first-order valence-electron chi connectivity index (χ1n) is 13.5. The van der Waals surface area contributed by atoms with Crippen LogP contribution in [0.25, 0.3) is 0 Å². The van der Waals surface area contributed by atoms with Crippen molar-refractivity contribution >= 4 is 27.5 Å². The molecule has 2 aliphatic rings. The van der Waals surface area contributed by atoms with Crippen molar-refractivity contribution in [2.45, 2.75) is 75.8 Å². The van der Waals surface area contributed by atoms with Gasteiger partial charge in [0, 0.05) is 37.9 Å². The number of nitrogens with zero attached hydrogens (tertiary/aromatic N) is 4. The molecule has 10 nitrogen and oxygen atoms in total. The van der Waals surface area contributed by atoms with Crippen molar-refractivity contribution in [2.75, 3.05) is 33.4 Å². The van der Waals surface area contributed by atoms with Gasteiger partial charge >= 0.3 is 0 Å². The van der Waals surface area contributed by atoms with Crippen molar-refractivity contribution in [3.05, 3.63) is 42.0 Å². The van der Waals surface area contributed by atoms with Gasteiger partial charge in [-0.1, -0.05) is 39.0 Å². The molecule has 11 heteroatoms. The molecule has 3 rings (SSSR count). The Morgan fingerprint density at radius 3 is 2.47 bits per heavy atom. The molecule has 3 N–H and O–H groups in total. The highest BCUT2D eigenvalue weighted by molar-refractivity contribution is 7.89. The summed E-state index contributed by atoms with van der Waals surface area (Å²) >= 11 is 0. The van der Waals surface area contributed by atoms with Crippen LogP contribution in [0.1, 0.15) is 64.4 Å². The van der Waals surface area contributed by atoms with Gasteiger partial charge in [-0.05, 0) is 50.7 Å². The lowest BCUT2D eigenvalue weighted by molar-refractivity contribution is 0.0984. The van der Waals surface area contributed by atoms with Gasteiger partial charge in [-0.2, -0.15) is 10.1 Å². The van der Waals surface area contributed by atoms with Crippen LogP contribution in [0.15, 0.2) is 56.4 Å². The van der Waals surface area contributed by atoms with Crippen LogP contribution >= 0.6 is 0 Å². The van der Waals surface area contributed by atoms with Crippen LogP contribution in [0, 0.1) is 0 Å². The van der Waals surface area contributed by atoms with Crippen LogP contribution in [-0.4, -0.2) is 81.5 Å². The van der Waals surface area contributed by atoms with E-state index in [1.807, 2.05) is 11.9 Å². The zero-order valence-corrected chi connectivity index (χ0v) is 23.6. The van der Waals surface area contributed by atoms with Crippen molar-refractivity contribution in [1.82, 2.24) is 15.0 Å². The maximum Gasteiger partial charge on any atom is 0.240 e. The Labute approximate surface area is 227 Å². The highest BCUT2D eigenvalue weighted by Gasteiger charge is 2.35. The lowest BCUT2D eigenvalue weighted by Gasteiger charge is -2.31. The summed E-state index contributed by atoms with van der Waals surface area (Å²) in [4.78, 5) is 9.28. The second kappa shape index (κ2) is 14.5. The summed E-state index contributed by atoms with van der Waals surface area (Å²) < 4.78 is 33.3. The number of hydrogen-bond acceptors (Lipinski definition) is 6. The minimum Gasteiger partial charge on any atom is -0.393 e. The lowest BCUT2D eigenvalue weighted by Crippen LogP contribution is -2.39. The van der Waals surface area contributed by atoms with Gasteiger partial charge in [0.2, 0.25) is 16.0 Å². The smallest absolute Gasteiger partial charge is 0.240 e. The topological polar surface area (TPSA) is 128 Å². The van der Waals surface area contributed by atoms with E-state index in [0.717, 1.165) is 44.2 Å². The van der Waals surface area contributed by atoms with Crippen molar-refractivity contribution in [3.8, 4) is 0 Å². The number of unbranched alkanes of at least 4 members (excludes halogenated alkanes) is 1. The third kappa shape index (κ3) is 7.95. The molecule has 1 aliphatic carbocycles. The second-order valence-corrected chi connectivity index (χ2v) is 11.3. The molecule has 0 amide bonds. The fraction of sp³-hybridized carbons (Fsp3) is 0.593. The molecule has 1 aromatic rings. The molecule has 0 spiro atoms. The number of benzene rings is 1. The molecule has 0 bridgehead atoms. The number of ether oxygens (including phenoxy) is 1. The third-order valence-electron chi connectivity index (χ3n) is 6.55. The number of hydrazone groups is 1. The highest BCUT2D eigenvalue weighted by atomic mass is 32.2. The monoisotopic (exact) mass is 546 g/mol. The molecule has 210 valence electrons. The summed E-state index contributed by atoms with van der Waals surface area (Å²) in [5, 5.41) is 20.1. The standard InChI is InChI=1S/C27H42N6O4S/c1-5-7-16-29-27(28-4)31-26-20(3)25(32-33(26)22-10-12-23(34)13-11-22)21-8-14-24(15-9-21)38(35,36)30-17-19-37-18-6-2/h8-9,14-15,22-23,30,34H,3,5-7,10-13,16-19H2,1-2,4H3,(H,28,29). The van der Waals surface area contributed by atoms with Crippen molar-refractivity contribution in [3.63, 3.8) is 0 Å². The minimum atomic E-state index is -3.65. The maximum absolute atomic E-state index is 12.7. The molecular formula is C27H42N6O4S. The van der Waals surface area contributed by atoms with E-state index >= 15 is 0 Å². The number of guanidine groups is 1. The van der Waals surface area contributed by atoms with Gasteiger partial charge < -0.3 is 15.2 Å². The SMILES string of the molecule is C=C1C(c2ccc(S(=O)(=O)NCCOCCC)cc2)=NN(C2CCC(O)CC2)C1=NC(=NC)NCCCC. The van der Waals surface area contributed by atoms with Crippen LogP contribution < -0.4 is 10.0 Å². The van der Waals surface area contributed by atoms with Crippen LogP contribution in [0.3, 0.4) is 0 Å². The van der Waals surface area contributed by atoms with E-state index in [2.05, 4.69) is 28.5 Å². The molecule has 1 fully saturated rings. The number of aliphatic imine (C=N–C) groups is 2. The first-order valence-corrected chi connectivity index (χ1v) is 15.0. The van der Waals surface area contributed by atoms with Crippen LogP contribution in [0.2, 0.25) is 0 Å². The number of amidine groups is 1. The number of aliphatic hydroxyl groups excluding tert-OH is 1. The van der Waals surface area contributed by atoms with Gasteiger partial charge in [0.1, 0.15) is 5.71 Å². The van der Waals surface area contributed by atoms with Gasteiger partial charge in [0.15, 0.2) is 5.84 Å². The Kier molecular flexibility index (Phi) is 11.4. The van der Waals surface area contributed by atoms with E-state index in [4.69, 9.17) is 14.8 Å². The summed E-state index contributed by atoms with van der Waals surface area (Å²) in [6.07, 6.45) is 5.66. The molecule has 1 saturated carbocycles. The number of sulfonamides is 1. The van der Waals surface area contributed by atoms with Gasteiger partial charge in [-0.25, -0.2) is 18.1 Å². The minimum absolute atomic E-state index is 0.0823. The average Bonchev–Trinajstić information content (AvgIpc) is 3.24. The summed E-state index contributed by atoms with van der Waals surface area (Å²) in [7, 11) is -1.95. The van der Waals surface area contributed by atoms with Gasteiger partial charge in [0.05, 0.1) is 23.6 Å². The molecule has 0 aromatic heterocycles. The van der Waals surface area contributed by atoms with E-state index in [9.17, 15) is 13.5 Å². The molecule has 1 aromatic carbocycles. The average molecular weight is 547 g/mol. The van der Waals surface area contributed by atoms with E-state index < -0.39 is 10.0 Å². The fourth-order valence-electron chi connectivity index (χ4n) is 4.38. The molecule has 38 heavy (non-hydrogen) atoms. The Morgan fingerprint density at radius 1 is 1.13 bits per heavy atom. The summed E-state index contributed by atoms with van der Waals surface area (Å²) in [5.41, 5.74) is 2.04. The van der Waals surface area contributed by atoms with Crippen LogP contribution in [0.5, 0.6) is 0 Å². The van der Waals surface area contributed by atoms with Gasteiger partial charge in [0.25, 0.3) is 0 Å². The normalized spacial score (nSPS) is 21.7. The molecule has 0 atom stereocenters.